The molecule has 5 rings (SSSR count). The van der Waals surface area contributed by atoms with Gasteiger partial charge in [-0.3, -0.25) is 14.7 Å². The molecule has 7 nitrogen and oxygen atoms in total. The largest absolute Gasteiger partial charge is 0.282 e. The highest BCUT2D eigenvalue weighted by molar-refractivity contribution is 7.91. The van der Waals surface area contributed by atoms with Crippen LogP contribution in [0.15, 0.2) is 58.4 Å². The Morgan fingerprint density at radius 2 is 2.09 bits per heavy atom. The monoisotopic (exact) mass is 520 g/mol. The highest BCUT2D eigenvalue weighted by Gasteiger charge is 2.42. The van der Waals surface area contributed by atoms with Gasteiger partial charge in [0.2, 0.25) is 5.91 Å². The van der Waals surface area contributed by atoms with Gasteiger partial charge in [0.1, 0.15) is 21.6 Å². The number of hydrogen-bond donors (Lipinski definition) is 0. The third kappa shape index (κ3) is 4.22. The van der Waals surface area contributed by atoms with Gasteiger partial charge in [0.25, 0.3) is 10.0 Å². The molecule has 176 valence electrons. The zero-order valence-corrected chi connectivity index (χ0v) is 20.0. The molecule has 0 N–H and O–H groups in total. The average molecular weight is 521 g/mol. The van der Waals surface area contributed by atoms with Crippen LogP contribution in [0.1, 0.15) is 18.4 Å². The Hall–Kier alpha value is -2.80. The van der Waals surface area contributed by atoms with E-state index in [1.165, 1.54) is 15.3 Å². The van der Waals surface area contributed by atoms with Gasteiger partial charge in [-0.2, -0.15) is 4.31 Å². The summed E-state index contributed by atoms with van der Waals surface area (Å²) in [6, 6.07) is 7.62. The zero-order chi connectivity index (χ0) is 23.9. The number of aromatic nitrogens is 2. The Kier molecular flexibility index (Phi) is 6.15. The molecule has 34 heavy (non-hydrogen) atoms. The van der Waals surface area contributed by atoms with E-state index in [-0.39, 0.29) is 32.6 Å². The predicted molar refractivity (Wildman–Crippen MR) is 126 cm³/mol. The smallest absolute Gasteiger partial charge is 0.253 e. The molecule has 0 aliphatic carbocycles. The number of carbonyl (C=O) groups is 1. The maximum Gasteiger partial charge on any atom is 0.253 e. The van der Waals surface area contributed by atoms with Gasteiger partial charge in [0, 0.05) is 25.0 Å². The minimum atomic E-state index is -3.85. The molecule has 4 aromatic rings. The SMILES string of the molecule is O=C(C1CCCN1S(=O)(=O)c1cccs1)N(Cc1cccnc1)c1nc2c(F)cc(F)cc2s1. The molecule has 0 spiro atoms. The summed E-state index contributed by atoms with van der Waals surface area (Å²) in [5.41, 5.74) is 0.646. The van der Waals surface area contributed by atoms with E-state index in [0.29, 0.717) is 18.4 Å². The van der Waals surface area contributed by atoms with Crippen LogP contribution in [0, 0.1) is 11.6 Å². The quantitative estimate of drug-likeness (QED) is 0.376. The van der Waals surface area contributed by atoms with E-state index in [1.54, 1.807) is 36.0 Å². The van der Waals surface area contributed by atoms with Crippen LogP contribution in [0.25, 0.3) is 10.2 Å². The van der Waals surface area contributed by atoms with Crippen LogP contribution in [0.4, 0.5) is 13.9 Å². The average Bonchev–Trinajstić information content (AvgIpc) is 3.58. The lowest BCUT2D eigenvalue weighted by molar-refractivity contribution is -0.121. The normalized spacial score (nSPS) is 16.8. The van der Waals surface area contributed by atoms with Crippen LogP contribution in [0.3, 0.4) is 0 Å². The van der Waals surface area contributed by atoms with Gasteiger partial charge in [-0.15, -0.1) is 11.3 Å². The van der Waals surface area contributed by atoms with Crippen molar-refractivity contribution in [2.45, 2.75) is 29.6 Å². The number of hydrogen-bond acceptors (Lipinski definition) is 7. The van der Waals surface area contributed by atoms with E-state index >= 15 is 0 Å². The lowest BCUT2D eigenvalue weighted by Gasteiger charge is -2.28. The summed E-state index contributed by atoms with van der Waals surface area (Å²) in [6.07, 6.45) is 4.06. The van der Waals surface area contributed by atoms with Crippen LogP contribution < -0.4 is 4.90 Å². The van der Waals surface area contributed by atoms with Gasteiger partial charge in [-0.25, -0.2) is 22.2 Å². The molecule has 1 aliphatic heterocycles. The summed E-state index contributed by atoms with van der Waals surface area (Å²) in [5, 5.41) is 1.83. The summed E-state index contributed by atoms with van der Waals surface area (Å²) in [6.45, 7) is 0.275. The van der Waals surface area contributed by atoms with E-state index < -0.39 is 33.6 Å². The van der Waals surface area contributed by atoms with Crippen LogP contribution in [0.5, 0.6) is 0 Å². The van der Waals surface area contributed by atoms with E-state index in [4.69, 9.17) is 0 Å². The number of thiazole rings is 1. The number of sulfonamides is 1. The van der Waals surface area contributed by atoms with Gasteiger partial charge in [-0.1, -0.05) is 23.5 Å². The van der Waals surface area contributed by atoms with Crippen LogP contribution >= 0.6 is 22.7 Å². The highest BCUT2D eigenvalue weighted by Crippen LogP contribution is 2.35. The second-order valence-electron chi connectivity index (χ2n) is 7.72. The molecule has 1 atom stereocenters. The minimum Gasteiger partial charge on any atom is -0.282 e. The van der Waals surface area contributed by atoms with Crippen LogP contribution in [-0.4, -0.2) is 41.2 Å². The molecule has 0 bridgehead atoms. The zero-order valence-electron chi connectivity index (χ0n) is 17.6. The molecule has 1 amide bonds. The first-order valence-electron chi connectivity index (χ1n) is 10.4. The summed E-state index contributed by atoms with van der Waals surface area (Å²) >= 11 is 2.07. The Labute approximate surface area is 202 Å². The lowest BCUT2D eigenvalue weighted by Crippen LogP contribution is -2.47. The van der Waals surface area contributed by atoms with Crippen molar-refractivity contribution in [1.29, 1.82) is 0 Å². The van der Waals surface area contributed by atoms with Crippen molar-refractivity contribution in [3.8, 4) is 0 Å². The number of nitrogens with zero attached hydrogens (tertiary/aromatic N) is 4. The molecule has 0 radical (unpaired) electrons. The molecule has 4 heterocycles. The molecule has 1 aliphatic rings. The summed E-state index contributed by atoms with van der Waals surface area (Å²) in [4.78, 5) is 23.5. The van der Waals surface area contributed by atoms with Crippen molar-refractivity contribution in [3.05, 3.63) is 71.4 Å². The number of anilines is 1. The predicted octanol–water partition coefficient (Wildman–Crippen LogP) is 4.42. The number of rotatable bonds is 6. The first-order chi connectivity index (χ1) is 16.3. The minimum absolute atomic E-state index is 0.0418. The van der Waals surface area contributed by atoms with E-state index in [9.17, 15) is 22.0 Å². The number of carbonyl (C=O) groups excluding carboxylic acids is 1. The third-order valence-corrected chi connectivity index (χ3v) is 9.82. The second kappa shape index (κ2) is 9.10. The lowest BCUT2D eigenvalue weighted by atomic mass is 10.2. The Morgan fingerprint density at radius 1 is 1.24 bits per heavy atom. The summed E-state index contributed by atoms with van der Waals surface area (Å²) in [7, 11) is -3.85. The number of halogens is 2. The Morgan fingerprint density at radius 3 is 2.82 bits per heavy atom. The molecule has 1 fully saturated rings. The molecular weight excluding hydrogens is 502 g/mol. The van der Waals surface area contributed by atoms with Gasteiger partial charge in [-0.05, 0) is 42.0 Å². The fraction of sp³-hybridized carbons (Fsp3) is 0.227. The first kappa shape index (κ1) is 23.0. The maximum absolute atomic E-state index is 14.3. The fourth-order valence-corrected chi connectivity index (χ4v) is 7.74. The molecule has 3 aromatic heterocycles. The van der Waals surface area contributed by atoms with E-state index in [0.717, 1.165) is 34.8 Å². The highest BCUT2D eigenvalue weighted by atomic mass is 32.2. The fourth-order valence-electron chi connectivity index (χ4n) is 3.96. The van der Waals surface area contributed by atoms with Crippen molar-refractivity contribution in [1.82, 2.24) is 14.3 Å². The Bertz CT molecular complexity index is 1440. The van der Waals surface area contributed by atoms with Crippen molar-refractivity contribution in [3.63, 3.8) is 0 Å². The number of benzene rings is 1. The first-order valence-corrected chi connectivity index (χ1v) is 13.5. The van der Waals surface area contributed by atoms with Crippen molar-refractivity contribution >= 4 is 54.0 Å². The molecule has 1 unspecified atom stereocenters. The van der Waals surface area contributed by atoms with Crippen molar-refractivity contribution < 1.29 is 22.0 Å². The molecule has 1 aromatic carbocycles. The van der Waals surface area contributed by atoms with Crippen LogP contribution in [-0.2, 0) is 21.4 Å². The molecule has 0 saturated carbocycles. The number of thiophene rings is 1. The number of amides is 1. The molecule has 1 saturated heterocycles. The van der Waals surface area contributed by atoms with Gasteiger partial charge in [0.05, 0.1) is 11.2 Å². The number of pyridine rings is 1. The summed E-state index contributed by atoms with van der Waals surface area (Å²) in [5.74, 6) is -2.04. The molecule has 12 heteroatoms. The molecular formula is C22H18F2N4O3S3. The Balaban J connectivity index is 1.55. The van der Waals surface area contributed by atoms with Gasteiger partial charge < -0.3 is 0 Å². The third-order valence-electron chi connectivity index (χ3n) is 5.51. The van der Waals surface area contributed by atoms with Gasteiger partial charge >= 0.3 is 0 Å². The van der Waals surface area contributed by atoms with Crippen LogP contribution in [0.2, 0.25) is 0 Å². The van der Waals surface area contributed by atoms with Crippen molar-refractivity contribution in [2.75, 3.05) is 11.4 Å². The van der Waals surface area contributed by atoms with Gasteiger partial charge in [0.15, 0.2) is 10.9 Å². The van der Waals surface area contributed by atoms with Crippen molar-refractivity contribution in [2.24, 2.45) is 0 Å². The maximum atomic E-state index is 14.3. The second-order valence-corrected chi connectivity index (χ2v) is 11.8. The van der Waals surface area contributed by atoms with E-state index in [2.05, 4.69) is 9.97 Å². The standard InChI is InChI=1S/C22H18F2N4O3S3/c23-15-10-16(24)20-18(11-15)33-22(26-20)27(13-14-4-1-7-25-12-14)21(29)17-5-2-8-28(17)34(30,31)19-6-3-9-32-19/h1,3-4,6-7,9-12,17H,2,5,8,13H2. The van der Waals surface area contributed by atoms with E-state index in [1.807, 2.05) is 0 Å². The summed E-state index contributed by atoms with van der Waals surface area (Å²) < 4.78 is 56.1. The number of fused-ring (bicyclic) bond motifs is 1. The topological polar surface area (TPSA) is 83.5 Å².